The minimum Gasteiger partial charge on any atom is -0.301 e. The molecule has 1 unspecified atom stereocenters. The van der Waals surface area contributed by atoms with Crippen LogP contribution in [0.5, 0.6) is 0 Å². The molecule has 1 aliphatic rings. The van der Waals surface area contributed by atoms with Crippen LogP contribution in [0.25, 0.3) is 0 Å². The number of rotatable bonds is 1. The molecular weight excluding hydrogens is 162 g/mol. The maximum Gasteiger partial charge on any atom is 0.225 e. The SMILES string of the molecule is CC1(C)CC1n1cnnc1Cl. The second-order valence-electron chi connectivity index (χ2n) is 3.72. The molecule has 0 spiro atoms. The van der Waals surface area contributed by atoms with Crippen LogP contribution >= 0.6 is 11.6 Å². The van der Waals surface area contributed by atoms with Gasteiger partial charge in [-0.1, -0.05) is 13.8 Å². The van der Waals surface area contributed by atoms with Crippen molar-refractivity contribution in [3.8, 4) is 0 Å². The minimum atomic E-state index is 0.381. The predicted octanol–water partition coefficient (Wildman–Crippen LogP) is 1.90. The van der Waals surface area contributed by atoms with Crippen molar-refractivity contribution in [2.75, 3.05) is 0 Å². The van der Waals surface area contributed by atoms with Gasteiger partial charge in [-0.15, -0.1) is 10.2 Å². The highest BCUT2D eigenvalue weighted by Gasteiger charge is 2.47. The molecule has 0 saturated heterocycles. The molecule has 4 heteroatoms. The van der Waals surface area contributed by atoms with Gasteiger partial charge in [0.1, 0.15) is 6.33 Å². The summed E-state index contributed by atoms with van der Waals surface area (Å²) >= 11 is 5.79. The van der Waals surface area contributed by atoms with Gasteiger partial charge in [0.2, 0.25) is 5.28 Å². The van der Waals surface area contributed by atoms with Gasteiger partial charge in [-0.05, 0) is 23.4 Å². The molecule has 0 aliphatic heterocycles. The van der Waals surface area contributed by atoms with Crippen molar-refractivity contribution in [3.05, 3.63) is 11.6 Å². The Balaban J connectivity index is 2.27. The topological polar surface area (TPSA) is 30.7 Å². The average molecular weight is 172 g/mol. The molecule has 1 aromatic heterocycles. The van der Waals surface area contributed by atoms with E-state index in [9.17, 15) is 0 Å². The largest absolute Gasteiger partial charge is 0.301 e. The van der Waals surface area contributed by atoms with Gasteiger partial charge in [0.05, 0.1) is 0 Å². The molecule has 1 aromatic rings. The van der Waals surface area contributed by atoms with E-state index < -0.39 is 0 Å². The van der Waals surface area contributed by atoms with Gasteiger partial charge in [0, 0.05) is 6.04 Å². The lowest BCUT2D eigenvalue weighted by Gasteiger charge is -2.03. The monoisotopic (exact) mass is 171 g/mol. The number of hydrogen-bond donors (Lipinski definition) is 0. The highest BCUT2D eigenvalue weighted by Crippen LogP contribution is 2.55. The van der Waals surface area contributed by atoms with Crippen LogP contribution in [0.1, 0.15) is 26.3 Å². The van der Waals surface area contributed by atoms with Gasteiger partial charge >= 0.3 is 0 Å². The molecule has 1 atom stereocenters. The van der Waals surface area contributed by atoms with Crippen LogP contribution < -0.4 is 0 Å². The van der Waals surface area contributed by atoms with Gasteiger partial charge in [-0.2, -0.15) is 0 Å². The summed E-state index contributed by atoms with van der Waals surface area (Å²) in [5, 5.41) is 7.95. The Bertz CT molecular complexity index is 279. The van der Waals surface area contributed by atoms with E-state index in [1.54, 1.807) is 6.33 Å². The molecule has 11 heavy (non-hydrogen) atoms. The van der Waals surface area contributed by atoms with Gasteiger partial charge in [0.25, 0.3) is 0 Å². The zero-order chi connectivity index (χ0) is 8.06. The van der Waals surface area contributed by atoms with E-state index in [1.807, 2.05) is 4.57 Å². The molecule has 1 saturated carbocycles. The molecule has 1 heterocycles. The highest BCUT2D eigenvalue weighted by atomic mass is 35.5. The Morgan fingerprint density at radius 2 is 2.36 bits per heavy atom. The van der Waals surface area contributed by atoms with Crippen molar-refractivity contribution < 1.29 is 0 Å². The van der Waals surface area contributed by atoms with Crippen molar-refractivity contribution in [2.24, 2.45) is 5.41 Å². The first kappa shape index (κ1) is 7.10. The smallest absolute Gasteiger partial charge is 0.225 e. The Labute approximate surface area is 70.4 Å². The molecule has 0 radical (unpaired) electrons. The number of hydrogen-bond acceptors (Lipinski definition) is 2. The van der Waals surface area contributed by atoms with Crippen LogP contribution in [-0.4, -0.2) is 14.8 Å². The molecule has 0 N–H and O–H groups in total. The van der Waals surface area contributed by atoms with Crippen molar-refractivity contribution in [1.82, 2.24) is 14.8 Å². The lowest BCUT2D eigenvalue weighted by atomic mass is 10.2. The van der Waals surface area contributed by atoms with Crippen LogP contribution in [0, 0.1) is 5.41 Å². The standard InChI is InChI=1S/C7H10ClN3/c1-7(2)3-5(7)11-4-9-10-6(11)8/h4-5H,3H2,1-2H3. The molecule has 1 aliphatic carbocycles. The summed E-state index contributed by atoms with van der Waals surface area (Å²) in [6.45, 7) is 4.43. The molecule has 0 aromatic carbocycles. The number of halogens is 1. The normalized spacial score (nSPS) is 27.0. The van der Waals surface area contributed by atoms with Gasteiger partial charge in [-0.3, -0.25) is 0 Å². The highest BCUT2D eigenvalue weighted by molar-refractivity contribution is 6.28. The van der Waals surface area contributed by atoms with Crippen molar-refractivity contribution in [1.29, 1.82) is 0 Å². The third-order valence-electron chi connectivity index (χ3n) is 2.33. The molecule has 3 nitrogen and oxygen atoms in total. The van der Waals surface area contributed by atoms with E-state index in [1.165, 1.54) is 6.42 Å². The Morgan fingerprint density at radius 1 is 1.73 bits per heavy atom. The van der Waals surface area contributed by atoms with Crippen molar-refractivity contribution in [2.45, 2.75) is 26.3 Å². The molecule has 0 bridgehead atoms. The summed E-state index contributed by atoms with van der Waals surface area (Å²) in [5.41, 5.74) is 0.381. The minimum absolute atomic E-state index is 0.381. The van der Waals surface area contributed by atoms with E-state index in [0.717, 1.165) is 0 Å². The maximum absolute atomic E-state index is 5.79. The Hall–Kier alpha value is -0.570. The van der Waals surface area contributed by atoms with E-state index in [2.05, 4.69) is 24.0 Å². The van der Waals surface area contributed by atoms with Gasteiger partial charge < -0.3 is 4.57 Å². The molecule has 0 amide bonds. The van der Waals surface area contributed by atoms with Crippen LogP contribution in [-0.2, 0) is 0 Å². The Kier molecular flexibility index (Phi) is 1.27. The Morgan fingerprint density at radius 3 is 2.73 bits per heavy atom. The van der Waals surface area contributed by atoms with Crippen LogP contribution in [0.4, 0.5) is 0 Å². The van der Waals surface area contributed by atoms with E-state index in [-0.39, 0.29) is 0 Å². The van der Waals surface area contributed by atoms with Crippen molar-refractivity contribution >= 4 is 11.6 Å². The number of aromatic nitrogens is 3. The first-order chi connectivity index (χ1) is 5.11. The molecular formula is C7H10ClN3. The zero-order valence-electron chi connectivity index (χ0n) is 6.58. The summed E-state index contributed by atoms with van der Waals surface area (Å²) in [6.07, 6.45) is 2.87. The summed E-state index contributed by atoms with van der Waals surface area (Å²) < 4.78 is 1.93. The predicted molar refractivity (Wildman–Crippen MR) is 42.5 cm³/mol. The van der Waals surface area contributed by atoms with Crippen LogP contribution in [0.3, 0.4) is 0 Å². The van der Waals surface area contributed by atoms with E-state index >= 15 is 0 Å². The fraction of sp³-hybridized carbons (Fsp3) is 0.714. The fourth-order valence-corrected chi connectivity index (χ4v) is 1.56. The van der Waals surface area contributed by atoms with Crippen LogP contribution in [0.2, 0.25) is 5.28 Å². The number of nitrogens with zero attached hydrogens (tertiary/aromatic N) is 3. The maximum atomic E-state index is 5.79. The van der Waals surface area contributed by atoms with Crippen LogP contribution in [0.15, 0.2) is 6.33 Å². The zero-order valence-corrected chi connectivity index (χ0v) is 7.34. The molecule has 1 fully saturated rings. The third-order valence-corrected chi connectivity index (χ3v) is 2.60. The first-order valence-electron chi connectivity index (χ1n) is 3.66. The third kappa shape index (κ3) is 1.03. The van der Waals surface area contributed by atoms with Gasteiger partial charge in [0.15, 0.2) is 0 Å². The lowest BCUT2D eigenvalue weighted by molar-refractivity contribution is 0.540. The second kappa shape index (κ2) is 1.97. The average Bonchev–Trinajstić information content (AvgIpc) is 2.38. The quantitative estimate of drug-likeness (QED) is 0.646. The van der Waals surface area contributed by atoms with Crippen molar-refractivity contribution in [3.63, 3.8) is 0 Å². The lowest BCUT2D eigenvalue weighted by Crippen LogP contribution is -1.98. The first-order valence-corrected chi connectivity index (χ1v) is 4.04. The molecule has 2 rings (SSSR count). The molecule has 60 valence electrons. The van der Waals surface area contributed by atoms with Gasteiger partial charge in [-0.25, -0.2) is 0 Å². The summed E-state index contributed by atoms with van der Waals surface area (Å²) in [5.74, 6) is 0. The van der Waals surface area contributed by atoms with E-state index in [4.69, 9.17) is 11.6 Å². The second-order valence-corrected chi connectivity index (χ2v) is 4.05. The summed E-state index contributed by atoms with van der Waals surface area (Å²) in [4.78, 5) is 0. The fourth-order valence-electron chi connectivity index (χ4n) is 1.35. The summed E-state index contributed by atoms with van der Waals surface area (Å²) in [7, 11) is 0. The summed E-state index contributed by atoms with van der Waals surface area (Å²) in [6, 6.07) is 0.505. The van der Waals surface area contributed by atoms with E-state index in [0.29, 0.717) is 16.7 Å².